The molecule has 2 aliphatic rings. The Morgan fingerprint density at radius 2 is 2.25 bits per heavy atom. The van der Waals surface area contributed by atoms with Crippen molar-refractivity contribution in [2.24, 2.45) is 11.7 Å². The van der Waals surface area contributed by atoms with Crippen molar-refractivity contribution in [2.75, 3.05) is 6.54 Å². The van der Waals surface area contributed by atoms with Gasteiger partial charge in [-0.3, -0.25) is 0 Å². The number of piperidine rings is 1. The van der Waals surface area contributed by atoms with Crippen molar-refractivity contribution < 1.29 is 0 Å². The van der Waals surface area contributed by atoms with Crippen LogP contribution in [0.4, 0.5) is 0 Å². The summed E-state index contributed by atoms with van der Waals surface area (Å²) in [5, 5.41) is 3.41. The maximum atomic E-state index is 5.78. The largest absolute Gasteiger partial charge is 0.327 e. The lowest BCUT2D eigenvalue weighted by Gasteiger charge is -2.16. The third kappa shape index (κ3) is 0.501. The number of rotatable bonds is 0. The van der Waals surface area contributed by atoms with E-state index in [2.05, 4.69) is 5.32 Å². The lowest BCUT2D eigenvalue weighted by Crippen LogP contribution is -2.37. The van der Waals surface area contributed by atoms with Crippen molar-refractivity contribution in [2.45, 2.75) is 24.9 Å². The van der Waals surface area contributed by atoms with Crippen LogP contribution in [0.15, 0.2) is 0 Å². The van der Waals surface area contributed by atoms with E-state index in [-0.39, 0.29) is 0 Å². The summed E-state index contributed by atoms with van der Waals surface area (Å²) in [6.07, 6.45) is 2.55. The first-order chi connectivity index (χ1) is 3.86. The van der Waals surface area contributed by atoms with Gasteiger partial charge in [0.05, 0.1) is 0 Å². The van der Waals surface area contributed by atoms with Crippen LogP contribution in [0.2, 0.25) is 0 Å². The Labute approximate surface area is 49.4 Å². The molecule has 0 radical (unpaired) electrons. The first-order valence-corrected chi connectivity index (χ1v) is 3.35. The fraction of sp³-hybridized carbons (Fsp3) is 1.00. The average Bonchev–Trinajstić information content (AvgIpc) is 2.23. The quantitative estimate of drug-likeness (QED) is 0.451. The van der Waals surface area contributed by atoms with E-state index in [4.69, 9.17) is 5.73 Å². The maximum Gasteiger partial charge on any atom is 0.00946 e. The van der Waals surface area contributed by atoms with Crippen LogP contribution in [-0.2, 0) is 0 Å². The van der Waals surface area contributed by atoms with Crippen molar-refractivity contribution in [3.8, 4) is 0 Å². The molecule has 0 aromatic rings. The minimum Gasteiger partial charge on any atom is -0.327 e. The molecule has 2 rings (SSSR count). The van der Waals surface area contributed by atoms with Gasteiger partial charge in [0, 0.05) is 12.1 Å². The van der Waals surface area contributed by atoms with Crippen molar-refractivity contribution >= 4 is 0 Å². The van der Waals surface area contributed by atoms with Crippen molar-refractivity contribution in [3.05, 3.63) is 0 Å². The van der Waals surface area contributed by atoms with Gasteiger partial charge in [0.25, 0.3) is 0 Å². The standard InChI is InChI=1S/C6H12N2/c7-6-2-5-1-4(6)3-8-5/h4-6,8H,1-3,7H2/t4?,5?,6-/m1/s1. The Balaban J connectivity index is 2.11. The second kappa shape index (κ2) is 1.45. The van der Waals surface area contributed by atoms with Crippen LogP contribution in [0.25, 0.3) is 0 Å². The second-order valence-corrected chi connectivity index (χ2v) is 3.00. The summed E-state index contributed by atoms with van der Waals surface area (Å²) in [6.45, 7) is 1.17. The molecule has 3 atom stereocenters. The second-order valence-electron chi connectivity index (χ2n) is 3.00. The minimum absolute atomic E-state index is 0.515. The van der Waals surface area contributed by atoms with E-state index in [1.807, 2.05) is 0 Å². The van der Waals surface area contributed by atoms with Gasteiger partial charge in [0.15, 0.2) is 0 Å². The summed E-state index contributed by atoms with van der Waals surface area (Å²) in [7, 11) is 0. The average molecular weight is 112 g/mol. The number of hydrogen-bond donors (Lipinski definition) is 2. The van der Waals surface area contributed by atoms with Gasteiger partial charge < -0.3 is 11.1 Å². The third-order valence-electron chi connectivity index (χ3n) is 2.42. The van der Waals surface area contributed by atoms with Crippen molar-refractivity contribution in [3.63, 3.8) is 0 Å². The highest BCUT2D eigenvalue weighted by atomic mass is 15.0. The van der Waals surface area contributed by atoms with E-state index < -0.39 is 0 Å². The minimum atomic E-state index is 0.515. The summed E-state index contributed by atoms with van der Waals surface area (Å²) < 4.78 is 0. The van der Waals surface area contributed by atoms with Crippen LogP contribution in [0.5, 0.6) is 0 Å². The third-order valence-corrected chi connectivity index (χ3v) is 2.42. The van der Waals surface area contributed by atoms with E-state index in [9.17, 15) is 0 Å². The summed E-state index contributed by atoms with van der Waals surface area (Å²) in [6, 6.07) is 1.29. The van der Waals surface area contributed by atoms with Gasteiger partial charge >= 0.3 is 0 Å². The summed E-state index contributed by atoms with van der Waals surface area (Å²) >= 11 is 0. The summed E-state index contributed by atoms with van der Waals surface area (Å²) in [4.78, 5) is 0. The van der Waals surface area contributed by atoms with Crippen LogP contribution in [-0.4, -0.2) is 18.6 Å². The first kappa shape index (κ1) is 4.77. The molecule has 8 heavy (non-hydrogen) atoms. The molecule has 2 unspecified atom stereocenters. The van der Waals surface area contributed by atoms with Gasteiger partial charge in [-0.15, -0.1) is 0 Å². The molecule has 0 aromatic carbocycles. The zero-order valence-electron chi connectivity index (χ0n) is 4.93. The predicted octanol–water partition coefficient (Wildman–Crippen LogP) is -0.305. The molecule has 1 aliphatic heterocycles. The summed E-state index contributed by atoms with van der Waals surface area (Å²) in [5.74, 6) is 0.806. The molecule has 0 aromatic heterocycles. The van der Waals surface area contributed by atoms with Gasteiger partial charge in [-0.05, 0) is 25.3 Å². The lowest BCUT2D eigenvalue weighted by atomic mass is 10.1. The molecule has 0 spiro atoms. The highest BCUT2D eigenvalue weighted by Crippen LogP contribution is 2.29. The van der Waals surface area contributed by atoms with Gasteiger partial charge in [-0.25, -0.2) is 0 Å². The van der Waals surface area contributed by atoms with E-state index in [0.717, 1.165) is 12.0 Å². The lowest BCUT2D eigenvalue weighted by molar-refractivity contribution is 0.439. The molecule has 46 valence electrons. The number of nitrogens with two attached hydrogens (primary N) is 1. The summed E-state index contributed by atoms with van der Waals surface area (Å²) in [5.41, 5.74) is 5.78. The highest BCUT2D eigenvalue weighted by molar-refractivity contribution is 4.96. The van der Waals surface area contributed by atoms with Crippen molar-refractivity contribution in [1.29, 1.82) is 0 Å². The zero-order chi connectivity index (χ0) is 5.56. The Bertz CT molecular complexity index is 101. The normalized spacial score (nSPS) is 52.9. The first-order valence-electron chi connectivity index (χ1n) is 3.35. The van der Waals surface area contributed by atoms with Crippen LogP contribution in [0.1, 0.15) is 12.8 Å². The SMILES string of the molecule is N[C@@H]1CC2CC1CN2. The van der Waals surface area contributed by atoms with Gasteiger partial charge in [0.1, 0.15) is 0 Å². The predicted molar refractivity (Wildman–Crippen MR) is 32.5 cm³/mol. The van der Waals surface area contributed by atoms with Gasteiger partial charge in [0.2, 0.25) is 0 Å². The monoisotopic (exact) mass is 112 g/mol. The van der Waals surface area contributed by atoms with E-state index in [1.165, 1.54) is 19.4 Å². The topological polar surface area (TPSA) is 38.0 Å². The smallest absolute Gasteiger partial charge is 0.00946 e. The van der Waals surface area contributed by atoms with Crippen LogP contribution in [0, 0.1) is 5.92 Å². The molecule has 1 aliphatic carbocycles. The Morgan fingerprint density at radius 1 is 1.38 bits per heavy atom. The zero-order valence-corrected chi connectivity index (χ0v) is 4.93. The van der Waals surface area contributed by atoms with E-state index in [1.54, 1.807) is 0 Å². The van der Waals surface area contributed by atoms with Crippen LogP contribution in [0.3, 0.4) is 0 Å². The maximum absolute atomic E-state index is 5.78. The Hall–Kier alpha value is -0.0800. The van der Waals surface area contributed by atoms with Crippen LogP contribution >= 0.6 is 0 Å². The van der Waals surface area contributed by atoms with Gasteiger partial charge in [-0.1, -0.05) is 0 Å². The molecule has 3 N–H and O–H groups in total. The molecule has 1 saturated carbocycles. The molecule has 2 bridgehead atoms. The molecule has 2 fully saturated rings. The fourth-order valence-electron chi connectivity index (χ4n) is 1.88. The van der Waals surface area contributed by atoms with Crippen LogP contribution < -0.4 is 11.1 Å². The fourth-order valence-corrected chi connectivity index (χ4v) is 1.88. The highest BCUT2D eigenvalue weighted by Gasteiger charge is 2.36. The van der Waals surface area contributed by atoms with Crippen molar-refractivity contribution in [1.82, 2.24) is 5.32 Å². The molecule has 1 saturated heterocycles. The molecular formula is C6H12N2. The molecule has 1 heterocycles. The van der Waals surface area contributed by atoms with Gasteiger partial charge in [-0.2, -0.15) is 0 Å². The number of hydrogen-bond acceptors (Lipinski definition) is 2. The number of nitrogens with one attached hydrogen (secondary N) is 1. The molecule has 2 nitrogen and oxygen atoms in total. The Morgan fingerprint density at radius 3 is 2.50 bits per heavy atom. The van der Waals surface area contributed by atoms with E-state index >= 15 is 0 Å². The number of fused-ring (bicyclic) bond motifs is 2. The Kier molecular flexibility index (Phi) is 0.866. The molecular weight excluding hydrogens is 100 g/mol. The van der Waals surface area contributed by atoms with E-state index in [0.29, 0.717) is 6.04 Å². The molecule has 2 heteroatoms. The molecule has 0 amide bonds.